The number of benzene rings is 1. The van der Waals surface area contributed by atoms with Crippen LogP contribution in [0.3, 0.4) is 0 Å². The van der Waals surface area contributed by atoms with Gasteiger partial charge in [-0.3, -0.25) is 0 Å². The van der Waals surface area contributed by atoms with Crippen molar-refractivity contribution in [2.75, 3.05) is 5.32 Å². The number of hydrogen-bond donors (Lipinski definition) is 1. The third kappa shape index (κ3) is 3.08. The Morgan fingerprint density at radius 1 is 1.33 bits per heavy atom. The van der Waals surface area contributed by atoms with Gasteiger partial charge in [0.05, 0.1) is 22.7 Å². The van der Waals surface area contributed by atoms with Crippen LogP contribution in [0.4, 0.5) is 5.69 Å². The van der Waals surface area contributed by atoms with Crippen LogP contribution in [-0.4, -0.2) is 15.6 Å². The van der Waals surface area contributed by atoms with E-state index in [-0.39, 0.29) is 0 Å². The quantitative estimate of drug-likeness (QED) is 0.870. The summed E-state index contributed by atoms with van der Waals surface area (Å²) >= 11 is 6.42. The van der Waals surface area contributed by atoms with Gasteiger partial charge in [-0.1, -0.05) is 43.9 Å². The summed E-state index contributed by atoms with van der Waals surface area (Å²) in [4.78, 5) is 4.14. The molecule has 21 heavy (non-hydrogen) atoms. The first-order valence-corrected chi connectivity index (χ1v) is 8.20. The number of para-hydroxylation sites is 1. The molecule has 2 atom stereocenters. The molecule has 0 saturated heterocycles. The van der Waals surface area contributed by atoms with Crippen molar-refractivity contribution < 1.29 is 0 Å². The van der Waals surface area contributed by atoms with E-state index in [9.17, 15) is 0 Å². The fraction of sp³-hybridized carbons (Fsp3) is 0.471. The van der Waals surface area contributed by atoms with Gasteiger partial charge in [-0.05, 0) is 30.9 Å². The van der Waals surface area contributed by atoms with Gasteiger partial charge in [0.15, 0.2) is 0 Å². The maximum Gasteiger partial charge on any atom is 0.0992 e. The van der Waals surface area contributed by atoms with Gasteiger partial charge in [0.25, 0.3) is 0 Å². The molecule has 1 N–H and O–H groups in total. The van der Waals surface area contributed by atoms with Crippen molar-refractivity contribution in [3.05, 3.63) is 41.9 Å². The topological polar surface area (TPSA) is 29.9 Å². The summed E-state index contributed by atoms with van der Waals surface area (Å²) in [6, 6.07) is 6.60. The number of nitrogens with one attached hydrogen (secondary N) is 1. The smallest absolute Gasteiger partial charge is 0.0992 e. The average molecular weight is 304 g/mol. The number of aromatic nitrogens is 2. The van der Waals surface area contributed by atoms with Crippen molar-refractivity contribution >= 4 is 17.3 Å². The zero-order valence-corrected chi connectivity index (χ0v) is 13.2. The van der Waals surface area contributed by atoms with Gasteiger partial charge in [-0.25, -0.2) is 4.98 Å². The molecule has 3 rings (SSSR count). The molecule has 3 nitrogen and oxygen atoms in total. The molecule has 0 amide bonds. The first kappa shape index (κ1) is 14.5. The lowest BCUT2D eigenvalue weighted by Gasteiger charge is -2.33. The molecule has 0 bridgehead atoms. The SMILES string of the molecule is CCC1CCCCC1Nc1cccc(Cl)c1-n1ccnc1. The number of halogens is 1. The van der Waals surface area contributed by atoms with Crippen LogP contribution in [0.15, 0.2) is 36.9 Å². The maximum atomic E-state index is 6.42. The summed E-state index contributed by atoms with van der Waals surface area (Å²) in [6.07, 6.45) is 12.0. The molecule has 1 aromatic heterocycles. The minimum absolute atomic E-state index is 0.546. The van der Waals surface area contributed by atoms with E-state index < -0.39 is 0 Å². The molecule has 0 spiro atoms. The highest BCUT2D eigenvalue weighted by atomic mass is 35.5. The first-order chi connectivity index (χ1) is 10.3. The van der Waals surface area contributed by atoms with Gasteiger partial charge >= 0.3 is 0 Å². The maximum absolute atomic E-state index is 6.42. The highest BCUT2D eigenvalue weighted by Gasteiger charge is 2.24. The molecule has 1 aliphatic carbocycles. The standard InChI is InChI=1S/C17H22ClN3/c1-2-13-6-3-4-8-15(13)20-16-9-5-7-14(18)17(16)21-11-10-19-12-21/h5,7,9-13,15,20H,2-4,6,8H2,1H3. The van der Waals surface area contributed by atoms with Crippen LogP contribution in [0.2, 0.25) is 5.02 Å². The lowest BCUT2D eigenvalue weighted by molar-refractivity contribution is 0.317. The van der Waals surface area contributed by atoms with E-state index in [0.29, 0.717) is 6.04 Å². The lowest BCUT2D eigenvalue weighted by atomic mass is 9.83. The van der Waals surface area contributed by atoms with Gasteiger partial charge in [0.1, 0.15) is 0 Å². The molecule has 4 heteroatoms. The Bertz CT molecular complexity index is 580. The van der Waals surface area contributed by atoms with Crippen LogP contribution in [0.5, 0.6) is 0 Å². The second-order valence-corrected chi connectivity index (χ2v) is 6.22. The van der Waals surface area contributed by atoms with E-state index in [4.69, 9.17) is 11.6 Å². The summed E-state index contributed by atoms with van der Waals surface area (Å²) < 4.78 is 1.98. The largest absolute Gasteiger partial charge is 0.380 e. The van der Waals surface area contributed by atoms with Crippen molar-refractivity contribution in [3.8, 4) is 5.69 Å². The van der Waals surface area contributed by atoms with Crippen molar-refractivity contribution in [1.29, 1.82) is 0 Å². The normalized spacial score (nSPS) is 22.2. The Balaban J connectivity index is 1.90. The Labute approximate surface area is 131 Å². The van der Waals surface area contributed by atoms with Gasteiger partial charge in [0, 0.05) is 18.4 Å². The Hall–Kier alpha value is -1.48. The average Bonchev–Trinajstić information content (AvgIpc) is 3.02. The van der Waals surface area contributed by atoms with Crippen LogP contribution in [0, 0.1) is 5.92 Å². The van der Waals surface area contributed by atoms with Gasteiger partial charge in [0.2, 0.25) is 0 Å². The van der Waals surface area contributed by atoms with Crippen molar-refractivity contribution in [1.82, 2.24) is 9.55 Å². The second kappa shape index (κ2) is 6.52. The predicted octanol–water partition coefficient (Wildman–Crippen LogP) is 4.91. The first-order valence-electron chi connectivity index (χ1n) is 7.83. The number of nitrogens with zero attached hydrogens (tertiary/aromatic N) is 2. The van der Waals surface area contributed by atoms with Crippen molar-refractivity contribution in [3.63, 3.8) is 0 Å². The van der Waals surface area contributed by atoms with Crippen molar-refractivity contribution in [2.45, 2.75) is 45.1 Å². The Kier molecular flexibility index (Phi) is 4.49. The van der Waals surface area contributed by atoms with E-state index in [2.05, 4.69) is 23.3 Å². The highest BCUT2D eigenvalue weighted by Crippen LogP contribution is 2.33. The third-order valence-corrected chi connectivity index (χ3v) is 4.83. The van der Waals surface area contributed by atoms with Crippen LogP contribution in [-0.2, 0) is 0 Å². The molecular formula is C17H22ClN3. The molecule has 1 aliphatic rings. The Morgan fingerprint density at radius 3 is 2.95 bits per heavy atom. The summed E-state index contributed by atoms with van der Waals surface area (Å²) in [5.41, 5.74) is 2.10. The van der Waals surface area contributed by atoms with E-state index in [1.165, 1.54) is 32.1 Å². The highest BCUT2D eigenvalue weighted by molar-refractivity contribution is 6.33. The number of anilines is 1. The van der Waals surface area contributed by atoms with Crippen LogP contribution >= 0.6 is 11.6 Å². The second-order valence-electron chi connectivity index (χ2n) is 5.81. The van der Waals surface area contributed by atoms with Gasteiger partial charge < -0.3 is 9.88 Å². The molecule has 112 valence electrons. The van der Waals surface area contributed by atoms with E-state index >= 15 is 0 Å². The Morgan fingerprint density at radius 2 is 2.19 bits per heavy atom. The zero-order valence-electron chi connectivity index (χ0n) is 12.4. The molecule has 0 radical (unpaired) electrons. The predicted molar refractivity (Wildman–Crippen MR) is 88.2 cm³/mol. The minimum atomic E-state index is 0.546. The molecule has 2 aromatic rings. The van der Waals surface area contributed by atoms with E-state index in [0.717, 1.165) is 22.3 Å². The van der Waals surface area contributed by atoms with Gasteiger partial charge in [-0.2, -0.15) is 0 Å². The van der Waals surface area contributed by atoms with E-state index in [1.807, 2.05) is 22.9 Å². The molecule has 2 unspecified atom stereocenters. The molecule has 1 saturated carbocycles. The van der Waals surface area contributed by atoms with E-state index in [1.54, 1.807) is 12.5 Å². The van der Waals surface area contributed by atoms with Crippen LogP contribution < -0.4 is 5.32 Å². The molecule has 1 fully saturated rings. The third-order valence-electron chi connectivity index (χ3n) is 4.52. The monoisotopic (exact) mass is 303 g/mol. The molecule has 0 aliphatic heterocycles. The number of hydrogen-bond acceptors (Lipinski definition) is 2. The molecule has 1 heterocycles. The van der Waals surface area contributed by atoms with Crippen LogP contribution in [0.1, 0.15) is 39.0 Å². The number of rotatable bonds is 4. The molecule has 1 aromatic carbocycles. The lowest BCUT2D eigenvalue weighted by Crippen LogP contribution is -2.32. The summed E-state index contributed by atoms with van der Waals surface area (Å²) in [6.45, 7) is 2.29. The van der Waals surface area contributed by atoms with Crippen LogP contribution in [0.25, 0.3) is 5.69 Å². The minimum Gasteiger partial charge on any atom is -0.380 e. The fourth-order valence-corrected chi connectivity index (χ4v) is 3.64. The summed E-state index contributed by atoms with van der Waals surface area (Å²) in [7, 11) is 0. The zero-order chi connectivity index (χ0) is 14.7. The summed E-state index contributed by atoms with van der Waals surface area (Å²) in [5, 5.41) is 4.50. The van der Waals surface area contributed by atoms with Gasteiger partial charge in [-0.15, -0.1) is 0 Å². The summed E-state index contributed by atoms with van der Waals surface area (Å²) in [5.74, 6) is 0.758. The fourth-order valence-electron chi connectivity index (χ4n) is 3.37. The number of imidazole rings is 1. The van der Waals surface area contributed by atoms with Crippen molar-refractivity contribution in [2.24, 2.45) is 5.92 Å². The molecular weight excluding hydrogens is 282 g/mol.